The van der Waals surface area contributed by atoms with Gasteiger partial charge in [-0.25, -0.2) is 4.79 Å². The Kier molecular flexibility index (Phi) is 3.87. The number of amides is 1. The second-order valence-corrected chi connectivity index (χ2v) is 7.15. The summed E-state index contributed by atoms with van der Waals surface area (Å²) in [6.45, 7) is 3.58. The van der Waals surface area contributed by atoms with Crippen molar-refractivity contribution < 1.29 is 14.7 Å². The number of nitrogens with zero attached hydrogens (tertiary/aromatic N) is 2. The van der Waals surface area contributed by atoms with E-state index in [1.54, 1.807) is 25.7 Å². The molecule has 2 rings (SSSR count). The number of hydrogen-bond donors (Lipinski definition) is 1. The third-order valence-electron chi connectivity index (χ3n) is 3.34. The molecule has 1 atom stereocenters. The number of anilines is 1. The molecular formula is C12H16N2O3S2. The summed E-state index contributed by atoms with van der Waals surface area (Å²) in [7, 11) is 1.63. The van der Waals surface area contributed by atoms with Gasteiger partial charge in [0.25, 0.3) is 0 Å². The molecule has 0 aromatic carbocycles. The van der Waals surface area contributed by atoms with Gasteiger partial charge in [-0.3, -0.25) is 4.79 Å². The van der Waals surface area contributed by atoms with Gasteiger partial charge in [-0.05, 0) is 44.0 Å². The topological polar surface area (TPSA) is 70.5 Å². The Labute approximate surface area is 120 Å². The number of hydrogen-bond acceptors (Lipinski definition) is 5. The minimum atomic E-state index is -1.04. The molecule has 1 amide bonds. The van der Waals surface area contributed by atoms with Crippen molar-refractivity contribution >= 4 is 40.2 Å². The molecule has 0 spiro atoms. The van der Waals surface area contributed by atoms with Crippen LogP contribution in [0.1, 0.15) is 35.8 Å². The number of carboxylic acid groups (broad SMARTS) is 1. The number of aromatic carboxylic acids is 1. The van der Waals surface area contributed by atoms with Crippen LogP contribution in [0.15, 0.2) is 0 Å². The Morgan fingerprint density at radius 3 is 2.68 bits per heavy atom. The first kappa shape index (κ1) is 14.3. The Balaban J connectivity index is 2.32. The lowest BCUT2D eigenvalue weighted by Crippen LogP contribution is -2.41. The minimum absolute atomic E-state index is 0.0406. The number of rotatable bonds is 3. The van der Waals surface area contributed by atoms with E-state index in [9.17, 15) is 14.7 Å². The monoisotopic (exact) mass is 300 g/mol. The third kappa shape index (κ3) is 2.49. The maximum Gasteiger partial charge on any atom is 0.340 e. The van der Waals surface area contributed by atoms with Crippen LogP contribution in [0.5, 0.6) is 0 Å². The average Bonchev–Trinajstić information content (AvgIpc) is 2.94. The molecule has 1 N–H and O–H groups in total. The van der Waals surface area contributed by atoms with Crippen LogP contribution in [0, 0.1) is 6.92 Å². The summed E-state index contributed by atoms with van der Waals surface area (Å²) in [6, 6.07) is 0. The zero-order chi connectivity index (χ0) is 14.2. The zero-order valence-corrected chi connectivity index (χ0v) is 12.7. The van der Waals surface area contributed by atoms with Crippen LogP contribution in [0.2, 0.25) is 0 Å². The standard InChI is InChI=1S/C12H16N2O3S2/c1-7-8(10(15)16)9(19-13-7)14(3)11(17)12(2)5-4-6-18-12/h4-6H2,1-3H3,(H,15,16). The molecule has 1 saturated heterocycles. The summed E-state index contributed by atoms with van der Waals surface area (Å²) in [4.78, 5) is 25.2. The molecule has 0 radical (unpaired) electrons. The lowest BCUT2D eigenvalue weighted by molar-refractivity contribution is -0.120. The lowest BCUT2D eigenvalue weighted by Gasteiger charge is -2.27. The van der Waals surface area contributed by atoms with E-state index >= 15 is 0 Å². The summed E-state index contributed by atoms with van der Waals surface area (Å²) in [5.41, 5.74) is 0.587. The van der Waals surface area contributed by atoms with Gasteiger partial charge in [-0.15, -0.1) is 11.8 Å². The highest BCUT2D eigenvalue weighted by atomic mass is 32.2. The van der Waals surface area contributed by atoms with Crippen LogP contribution in [0.4, 0.5) is 5.00 Å². The van der Waals surface area contributed by atoms with Gasteiger partial charge in [-0.1, -0.05) is 0 Å². The smallest absolute Gasteiger partial charge is 0.340 e. The van der Waals surface area contributed by atoms with Crippen molar-refractivity contribution in [1.82, 2.24) is 4.37 Å². The van der Waals surface area contributed by atoms with Crippen molar-refractivity contribution in [3.63, 3.8) is 0 Å². The highest BCUT2D eigenvalue weighted by Gasteiger charge is 2.40. The summed E-state index contributed by atoms with van der Waals surface area (Å²) in [6.07, 6.45) is 1.86. The molecule has 1 unspecified atom stereocenters. The summed E-state index contributed by atoms with van der Waals surface area (Å²) >= 11 is 2.71. The van der Waals surface area contributed by atoms with Gasteiger partial charge < -0.3 is 10.0 Å². The largest absolute Gasteiger partial charge is 0.478 e. The number of aromatic nitrogens is 1. The molecule has 1 aliphatic rings. The summed E-state index contributed by atoms with van der Waals surface area (Å²) in [5.74, 6) is -0.102. The molecule has 1 aromatic rings. The Bertz CT molecular complexity index is 521. The fourth-order valence-corrected chi connectivity index (χ4v) is 4.36. The molecule has 2 heterocycles. The normalized spacial score (nSPS) is 22.5. The molecule has 0 aliphatic carbocycles. The predicted molar refractivity (Wildman–Crippen MR) is 77.3 cm³/mol. The highest BCUT2D eigenvalue weighted by molar-refractivity contribution is 8.01. The van der Waals surface area contributed by atoms with Crippen molar-refractivity contribution in [3.8, 4) is 0 Å². The van der Waals surface area contributed by atoms with Gasteiger partial charge in [0.1, 0.15) is 10.6 Å². The Morgan fingerprint density at radius 1 is 1.47 bits per heavy atom. The summed E-state index contributed by atoms with van der Waals surface area (Å²) in [5, 5.41) is 9.64. The van der Waals surface area contributed by atoms with E-state index in [2.05, 4.69) is 4.37 Å². The van der Waals surface area contributed by atoms with Crippen LogP contribution in [0.25, 0.3) is 0 Å². The number of carboxylic acids is 1. The molecule has 5 nitrogen and oxygen atoms in total. The quantitative estimate of drug-likeness (QED) is 0.928. The van der Waals surface area contributed by atoms with Crippen LogP contribution >= 0.6 is 23.3 Å². The lowest BCUT2D eigenvalue weighted by atomic mass is 10.0. The molecular weight excluding hydrogens is 284 g/mol. The average molecular weight is 300 g/mol. The summed E-state index contributed by atoms with van der Waals surface area (Å²) < 4.78 is 3.61. The number of carbonyl (C=O) groups excluding carboxylic acids is 1. The van der Waals surface area contributed by atoms with E-state index in [1.165, 1.54) is 4.90 Å². The van der Waals surface area contributed by atoms with E-state index in [0.29, 0.717) is 10.7 Å². The molecule has 19 heavy (non-hydrogen) atoms. The SMILES string of the molecule is Cc1nsc(N(C)C(=O)C2(C)CCCS2)c1C(=O)O. The van der Waals surface area contributed by atoms with Gasteiger partial charge >= 0.3 is 5.97 Å². The minimum Gasteiger partial charge on any atom is -0.478 e. The second kappa shape index (κ2) is 5.13. The maximum absolute atomic E-state index is 12.5. The Morgan fingerprint density at radius 2 is 2.16 bits per heavy atom. The molecule has 1 aliphatic heterocycles. The van der Waals surface area contributed by atoms with Gasteiger partial charge in [0.2, 0.25) is 5.91 Å². The highest BCUT2D eigenvalue weighted by Crippen LogP contribution is 2.40. The van der Waals surface area contributed by atoms with Crippen molar-refractivity contribution in [2.45, 2.75) is 31.4 Å². The fraction of sp³-hybridized carbons (Fsp3) is 0.583. The van der Waals surface area contributed by atoms with E-state index in [-0.39, 0.29) is 11.5 Å². The molecule has 104 valence electrons. The molecule has 7 heteroatoms. The number of aryl methyl sites for hydroxylation is 1. The van der Waals surface area contributed by atoms with Gasteiger partial charge in [0, 0.05) is 7.05 Å². The number of thioether (sulfide) groups is 1. The van der Waals surface area contributed by atoms with E-state index < -0.39 is 10.7 Å². The van der Waals surface area contributed by atoms with Crippen molar-refractivity contribution in [3.05, 3.63) is 11.3 Å². The third-order valence-corrected chi connectivity index (χ3v) is 5.86. The van der Waals surface area contributed by atoms with E-state index in [1.807, 2.05) is 6.92 Å². The first-order valence-corrected chi connectivity index (χ1v) is 7.74. The molecule has 1 aromatic heterocycles. The van der Waals surface area contributed by atoms with Gasteiger partial charge in [-0.2, -0.15) is 4.37 Å². The second-order valence-electron chi connectivity index (χ2n) is 4.80. The first-order valence-electron chi connectivity index (χ1n) is 5.98. The van der Waals surface area contributed by atoms with E-state index in [4.69, 9.17) is 0 Å². The van der Waals surface area contributed by atoms with Crippen LogP contribution in [-0.2, 0) is 4.79 Å². The molecule has 0 bridgehead atoms. The van der Waals surface area contributed by atoms with Crippen molar-refractivity contribution in [2.24, 2.45) is 0 Å². The predicted octanol–water partition coefficient (Wildman–Crippen LogP) is 2.40. The van der Waals surface area contributed by atoms with Crippen molar-refractivity contribution in [2.75, 3.05) is 17.7 Å². The van der Waals surface area contributed by atoms with E-state index in [0.717, 1.165) is 30.1 Å². The van der Waals surface area contributed by atoms with Gasteiger partial charge in [0.15, 0.2) is 0 Å². The first-order chi connectivity index (χ1) is 8.87. The zero-order valence-electron chi connectivity index (χ0n) is 11.1. The maximum atomic E-state index is 12.5. The fourth-order valence-electron chi connectivity index (χ4n) is 2.23. The van der Waals surface area contributed by atoms with Crippen molar-refractivity contribution in [1.29, 1.82) is 0 Å². The van der Waals surface area contributed by atoms with Crippen LogP contribution < -0.4 is 4.90 Å². The molecule has 1 fully saturated rings. The van der Waals surface area contributed by atoms with Gasteiger partial charge in [0.05, 0.1) is 10.4 Å². The Hall–Kier alpha value is -1.08. The number of carbonyl (C=O) groups is 2. The van der Waals surface area contributed by atoms with Crippen LogP contribution in [-0.4, -0.2) is 38.9 Å². The van der Waals surface area contributed by atoms with Crippen LogP contribution in [0.3, 0.4) is 0 Å². The molecule has 0 saturated carbocycles.